The second-order valence-corrected chi connectivity index (χ2v) is 5.29. The van der Waals surface area contributed by atoms with Crippen LogP contribution in [0.25, 0.3) is 5.52 Å². The number of aliphatic hydroxyl groups is 1. The van der Waals surface area contributed by atoms with Crippen LogP contribution in [0, 0.1) is 5.92 Å². The van der Waals surface area contributed by atoms with Crippen LogP contribution in [-0.4, -0.2) is 14.5 Å². The molecule has 0 saturated heterocycles. The maximum absolute atomic E-state index is 10.4. The van der Waals surface area contributed by atoms with E-state index < -0.39 is 6.10 Å². The smallest absolute Gasteiger partial charge is 0.0995 e. The lowest BCUT2D eigenvalue weighted by Gasteiger charge is -2.20. The summed E-state index contributed by atoms with van der Waals surface area (Å²) in [7, 11) is 0. The van der Waals surface area contributed by atoms with Crippen LogP contribution in [0.4, 0.5) is 0 Å². The SMILES string of the molecule is CCCCC(C)C(O)c1cc(Cl)cc2cncn12. The van der Waals surface area contributed by atoms with E-state index in [4.69, 9.17) is 11.6 Å². The van der Waals surface area contributed by atoms with E-state index >= 15 is 0 Å². The summed E-state index contributed by atoms with van der Waals surface area (Å²) in [6.07, 6.45) is 6.25. The average molecular weight is 267 g/mol. The minimum Gasteiger partial charge on any atom is -0.387 e. The van der Waals surface area contributed by atoms with Crippen LogP contribution in [0.3, 0.4) is 0 Å². The zero-order valence-electron chi connectivity index (χ0n) is 10.8. The molecule has 2 aromatic rings. The molecule has 4 heteroatoms. The summed E-state index contributed by atoms with van der Waals surface area (Å²) in [4.78, 5) is 4.10. The summed E-state index contributed by atoms with van der Waals surface area (Å²) in [5.74, 6) is 0.217. The van der Waals surface area contributed by atoms with Gasteiger partial charge < -0.3 is 9.51 Å². The minimum atomic E-state index is -0.507. The van der Waals surface area contributed by atoms with E-state index in [1.165, 1.54) is 0 Å². The molecule has 18 heavy (non-hydrogen) atoms. The Kier molecular flexibility index (Phi) is 4.25. The van der Waals surface area contributed by atoms with Gasteiger partial charge in [0.1, 0.15) is 0 Å². The Morgan fingerprint density at radius 1 is 1.44 bits per heavy atom. The molecular formula is C14H19ClN2O. The molecule has 2 unspecified atom stereocenters. The van der Waals surface area contributed by atoms with Crippen LogP contribution >= 0.6 is 11.6 Å². The van der Waals surface area contributed by atoms with Gasteiger partial charge in [0.25, 0.3) is 0 Å². The Labute approximate surface area is 112 Å². The lowest BCUT2D eigenvalue weighted by atomic mass is 9.95. The van der Waals surface area contributed by atoms with E-state index in [0.717, 1.165) is 30.5 Å². The van der Waals surface area contributed by atoms with Gasteiger partial charge in [0.15, 0.2) is 0 Å². The summed E-state index contributed by atoms with van der Waals surface area (Å²) in [5, 5.41) is 11.1. The molecule has 0 saturated carbocycles. The van der Waals surface area contributed by atoms with Crippen LogP contribution in [0.1, 0.15) is 44.9 Å². The van der Waals surface area contributed by atoms with Crippen LogP contribution in [-0.2, 0) is 0 Å². The molecule has 3 nitrogen and oxygen atoms in total. The first-order chi connectivity index (χ1) is 8.63. The van der Waals surface area contributed by atoms with E-state index in [2.05, 4.69) is 18.8 Å². The third kappa shape index (κ3) is 2.68. The Hall–Kier alpha value is -1.06. The number of aliphatic hydroxyl groups excluding tert-OH is 1. The van der Waals surface area contributed by atoms with Gasteiger partial charge in [0.05, 0.1) is 29.8 Å². The van der Waals surface area contributed by atoms with Crippen LogP contribution < -0.4 is 0 Å². The van der Waals surface area contributed by atoms with Crippen molar-refractivity contribution in [2.75, 3.05) is 0 Å². The molecule has 0 radical (unpaired) electrons. The predicted molar refractivity (Wildman–Crippen MR) is 73.9 cm³/mol. The van der Waals surface area contributed by atoms with Crippen molar-refractivity contribution in [3.8, 4) is 0 Å². The van der Waals surface area contributed by atoms with Gasteiger partial charge in [-0.25, -0.2) is 4.98 Å². The van der Waals surface area contributed by atoms with Crippen molar-refractivity contribution < 1.29 is 5.11 Å². The molecule has 0 aliphatic rings. The Morgan fingerprint density at radius 2 is 2.22 bits per heavy atom. The summed E-state index contributed by atoms with van der Waals surface area (Å²) >= 11 is 6.08. The van der Waals surface area contributed by atoms with Crippen LogP contribution in [0.5, 0.6) is 0 Å². The fourth-order valence-corrected chi connectivity index (χ4v) is 2.45. The molecule has 1 N–H and O–H groups in total. The number of halogens is 1. The maximum atomic E-state index is 10.4. The number of hydrogen-bond acceptors (Lipinski definition) is 2. The van der Waals surface area contributed by atoms with Crippen molar-refractivity contribution in [3.63, 3.8) is 0 Å². The number of aromatic nitrogens is 2. The number of fused-ring (bicyclic) bond motifs is 1. The molecule has 0 aromatic carbocycles. The monoisotopic (exact) mass is 266 g/mol. The largest absolute Gasteiger partial charge is 0.387 e. The number of nitrogens with zero attached hydrogens (tertiary/aromatic N) is 2. The molecule has 0 fully saturated rings. The number of hydrogen-bond donors (Lipinski definition) is 1. The van der Waals surface area contributed by atoms with Crippen molar-refractivity contribution in [2.24, 2.45) is 5.92 Å². The van der Waals surface area contributed by atoms with Crippen molar-refractivity contribution >= 4 is 17.1 Å². The maximum Gasteiger partial charge on any atom is 0.0995 e. The second-order valence-electron chi connectivity index (χ2n) is 4.85. The average Bonchev–Trinajstić information content (AvgIpc) is 2.81. The summed E-state index contributed by atoms with van der Waals surface area (Å²) in [5.41, 5.74) is 1.73. The van der Waals surface area contributed by atoms with E-state index in [1.807, 2.05) is 16.5 Å². The summed E-state index contributed by atoms with van der Waals surface area (Å²) in [6, 6.07) is 3.67. The number of rotatable bonds is 5. The summed E-state index contributed by atoms with van der Waals surface area (Å²) in [6.45, 7) is 4.23. The Balaban J connectivity index is 2.31. The number of imidazole rings is 1. The summed E-state index contributed by atoms with van der Waals surface area (Å²) < 4.78 is 1.90. The normalized spacial score (nSPS) is 14.9. The third-order valence-corrected chi connectivity index (χ3v) is 3.59. The number of pyridine rings is 1. The lowest BCUT2D eigenvalue weighted by Crippen LogP contribution is -2.12. The molecule has 0 bridgehead atoms. The second kappa shape index (κ2) is 5.72. The van der Waals surface area contributed by atoms with E-state index in [0.29, 0.717) is 5.02 Å². The zero-order valence-corrected chi connectivity index (χ0v) is 11.6. The van der Waals surface area contributed by atoms with Crippen LogP contribution in [0.15, 0.2) is 24.7 Å². The molecule has 98 valence electrons. The van der Waals surface area contributed by atoms with E-state index in [9.17, 15) is 5.11 Å². The highest BCUT2D eigenvalue weighted by Crippen LogP contribution is 2.28. The predicted octanol–water partition coefficient (Wildman–Crippen LogP) is 3.85. The van der Waals surface area contributed by atoms with Gasteiger partial charge in [-0.3, -0.25) is 0 Å². The lowest BCUT2D eigenvalue weighted by molar-refractivity contribution is 0.106. The van der Waals surface area contributed by atoms with Gasteiger partial charge in [0.2, 0.25) is 0 Å². The standard InChI is InChI=1S/C14H19ClN2O/c1-3-4-5-10(2)14(18)13-7-11(15)6-12-8-16-9-17(12)13/h6-10,14,18H,3-5H2,1-2H3. The molecular weight excluding hydrogens is 248 g/mol. The van der Waals surface area contributed by atoms with Gasteiger partial charge in [-0.05, 0) is 24.5 Å². The molecule has 2 aromatic heterocycles. The van der Waals surface area contributed by atoms with Gasteiger partial charge in [-0.1, -0.05) is 38.3 Å². The van der Waals surface area contributed by atoms with E-state index in [-0.39, 0.29) is 5.92 Å². The molecule has 2 rings (SSSR count). The molecule has 0 aliphatic carbocycles. The van der Waals surface area contributed by atoms with Gasteiger partial charge in [0, 0.05) is 5.02 Å². The van der Waals surface area contributed by atoms with Gasteiger partial charge in [-0.15, -0.1) is 0 Å². The van der Waals surface area contributed by atoms with Crippen molar-refractivity contribution in [2.45, 2.75) is 39.2 Å². The van der Waals surface area contributed by atoms with Crippen molar-refractivity contribution in [3.05, 3.63) is 35.4 Å². The quantitative estimate of drug-likeness (QED) is 0.893. The molecule has 0 aliphatic heterocycles. The van der Waals surface area contributed by atoms with Crippen molar-refractivity contribution in [1.82, 2.24) is 9.38 Å². The first-order valence-corrected chi connectivity index (χ1v) is 6.81. The van der Waals surface area contributed by atoms with E-state index in [1.54, 1.807) is 12.5 Å². The van der Waals surface area contributed by atoms with Crippen molar-refractivity contribution in [1.29, 1.82) is 0 Å². The highest BCUT2D eigenvalue weighted by Gasteiger charge is 2.19. The van der Waals surface area contributed by atoms with Crippen LogP contribution in [0.2, 0.25) is 5.02 Å². The fraction of sp³-hybridized carbons (Fsp3) is 0.500. The third-order valence-electron chi connectivity index (χ3n) is 3.37. The topological polar surface area (TPSA) is 37.5 Å². The first-order valence-electron chi connectivity index (χ1n) is 6.43. The highest BCUT2D eigenvalue weighted by molar-refractivity contribution is 6.31. The zero-order chi connectivity index (χ0) is 13.1. The molecule has 2 heterocycles. The fourth-order valence-electron chi connectivity index (χ4n) is 2.22. The molecule has 0 spiro atoms. The molecule has 2 atom stereocenters. The Bertz CT molecular complexity index is 523. The van der Waals surface area contributed by atoms with Gasteiger partial charge in [-0.2, -0.15) is 0 Å². The molecule has 0 amide bonds. The number of unbranched alkanes of at least 4 members (excludes halogenated alkanes) is 1. The first kappa shape index (κ1) is 13.4. The minimum absolute atomic E-state index is 0.217. The Morgan fingerprint density at radius 3 is 2.94 bits per heavy atom. The highest BCUT2D eigenvalue weighted by atomic mass is 35.5. The van der Waals surface area contributed by atoms with Gasteiger partial charge >= 0.3 is 0 Å².